The van der Waals surface area contributed by atoms with Crippen LogP contribution in [-0.2, 0) is 11.3 Å². The zero-order valence-corrected chi connectivity index (χ0v) is 12.1. The van der Waals surface area contributed by atoms with Crippen molar-refractivity contribution in [1.82, 2.24) is 9.88 Å². The lowest BCUT2D eigenvalue weighted by atomic mass is 10.4. The molecule has 2 rings (SSSR count). The van der Waals surface area contributed by atoms with E-state index < -0.39 is 0 Å². The monoisotopic (exact) mass is 318 g/mol. The van der Waals surface area contributed by atoms with Gasteiger partial charge in [0.05, 0.1) is 29.2 Å². The fourth-order valence-electron chi connectivity index (χ4n) is 1.54. The minimum Gasteiger partial charge on any atom is -0.378 e. The molecule has 5 nitrogen and oxygen atoms in total. The molecule has 0 aromatic carbocycles. The Balaban J connectivity index is 1.94. The molecule has 1 aromatic heterocycles. The normalized spacial score (nSPS) is 17.5. The average Bonchev–Trinajstić information content (AvgIpc) is 2.67. The zero-order valence-electron chi connectivity index (χ0n) is 9.65. The number of ether oxygens (including phenoxy) is 1. The highest BCUT2D eigenvalue weighted by molar-refractivity contribution is 9.11. The van der Waals surface area contributed by atoms with Gasteiger partial charge >= 0.3 is 0 Å². The van der Waals surface area contributed by atoms with Crippen molar-refractivity contribution in [3.05, 3.63) is 14.5 Å². The van der Waals surface area contributed by atoms with Gasteiger partial charge in [0.1, 0.15) is 5.01 Å². The molecule has 2 N–H and O–H groups in total. The third-order valence-corrected chi connectivity index (χ3v) is 4.49. The van der Waals surface area contributed by atoms with Crippen LogP contribution >= 0.6 is 27.3 Å². The summed E-state index contributed by atoms with van der Waals surface area (Å²) in [4.78, 5) is 10.8. The van der Waals surface area contributed by atoms with E-state index in [1.807, 2.05) is 11.8 Å². The molecule has 0 spiro atoms. The quantitative estimate of drug-likeness (QED) is 0.660. The first-order valence-electron chi connectivity index (χ1n) is 5.41. The van der Waals surface area contributed by atoms with Crippen molar-refractivity contribution in [2.24, 2.45) is 10.7 Å². The number of aromatic nitrogens is 1. The number of thiazole rings is 1. The third kappa shape index (κ3) is 3.40. The van der Waals surface area contributed by atoms with E-state index in [9.17, 15) is 0 Å². The summed E-state index contributed by atoms with van der Waals surface area (Å²) in [6.07, 6.45) is 0. The van der Waals surface area contributed by atoms with Crippen molar-refractivity contribution < 1.29 is 4.74 Å². The fraction of sp³-hybridized carbons (Fsp3) is 0.600. The van der Waals surface area contributed by atoms with Crippen LogP contribution in [0.25, 0.3) is 0 Å². The molecule has 0 bridgehead atoms. The van der Waals surface area contributed by atoms with E-state index >= 15 is 0 Å². The maximum absolute atomic E-state index is 5.93. The standard InChI is InChI=1S/C10H15BrN4OS/c1-7-9(11)17-8(14-7)6-13-10(12)15-2-4-16-5-3-15/h2-6H2,1H3,(H2,12,13). The molecule has 1 aromatic rings. The lowest BCUT2D eigenvalue weighted by Gasteiger charge is -2.27. The van der Waals surface area contributed by atoms with Gasteiger partial charge in [-0.25, -0.2) is 9.98 Å². The summed E-state index contributed by atoms with van der Waals surface area (Å²) in [5, 5.41) is 0.977. The topological polar surface area (TPSA) is 63.7 Å². The average molecular weight is 319 g/mol. The molecule has 2 heterocycles. The lowest BCUT2D eigenvalue weighted by molar-refractivity contribution is 0.0674. The number of aryl methyl sites for hydroxylation is 1. The number of rotatable bonds is 2. The van der Waals surface area contributed by atoms with Gasteiger partial charge in [0.25, 0.3) is 0 Å². The van der Waals surface area contributed by atoms with E-state index in [-0.39, 0.29) is 0 Å². The smallest absolute Gasteiger partial charge is 0.191 e. The first-order valence-corrected chi connectivity index (χ1v) is 7.02. The van der Waals surface area contributed by atoms with Crippen LogP contribution in [0.15, 0.2) is 8.78 Å². The molecule has 1 aliphatic rings. The number of hydrogen-bond acceptors (Lipinski definition) is 4. The van der Waals surface area contributed by atoms with Gasteiger partial charge < -0.3 is 15.4 Å². The van der Waals surface area contributed by atoms with Crippen molar-refractivity contribution in [2.45, 2.75) is 13.5 Å². The third-order valence-electron chi connectivity index (χ3n) is 2.50. The SMILES string of the molecule is Cc1nc(CN=C(N)N2CCOCC2)sc1Br. The van der Waals surface area contributed by atoms with Crippen LogP contribution < -0.4 is 5.73 Å². The van der Waals surface area contributed by atoms with Crippen LogP contribution in [0.2, 0.25) is 0 Å². The van der Waals surface area contributed by atoms with Crippen LogP contribution in [0.1, 0.15) is 10.7 Å². The summed E-state index contributed by atoms with van der Waals surface area (Å²) in [6.45, 7) is 5.58. The van der Waals surface area contributed by atoms with Gasteiger partial charge in [0.2, 0.25) is 0 Å². The van der Waals surface area contributed by atoms with Gasteiger partial charge in [-0.3, -0.25) is 0 Å². The Bertz CT molecular complexity index is 395. The van der Waals surface area contributed by atoms with E-state index in [4.69, 9.17) is 10.5 Å². The molecule has 0 amide bonds. The molecular weight excluding hydrogens is 304 g/mol. The van der Waals surface area contributed by atoms with E-state index in [1.165, 1.54) is 0 Å². The molecule has 0 saturated carbocycles. The van der Waals surface area contributed by atoms with Gasteiger partial charge in [-0.1, -0.05) is 0 Å². The highest BCUT2D eigenvalue weighted by atomic mass is 79.9. The lowest BCUT2D eigenvalue weighted by Crippen LogP contribution is -2.44. The predicted octanol–water partition coefficient (Wildman–Crippen LogP) is 1.36. The number of aliphatic imine (C=N–C) groups is 1. The first-order chi connectivity index (χ1) is 8.16. The van der Waals surface area contributed by atoms with Crippen LogP contribution in [0.3, 0.4) is 0 Å². The van der Waals surface area contributed by atoms with Gasteiger partial charge in [-0.2, -0.15) is 0 Å². The Kier molecular flexibility index (Phi) is 4.36. The largest absolute Gasteiger partial charge is 0.378 e. The van der Waals surface area contributed by atoms with Crippen molar-refractivity contribution in [2.75, 3.05) is 26.3 Å². The predicted molar refractivity (Wildman–Crippen MR) is 72.3 cm³/mol. The summed E-state index contributed by atoms with van der Waals surface area (Å²) in [7, 11) is 0. The van der Waals surface area contributed by atoms with E-state index in [0.717, 1.165) is 40.8 Å². The minimum absolute atomic E-state index is 0.542. The summed E-state index contributed by atoms with van der Waals surface area (Å²) in [6, 6.07) is 0. The van der Waals surface area contributed by atoms with Crippen LogP contribution in [0.5, 0.6) is 0 Å². The second-order valence-electron chi connectivity index (χ2n) is 3.74. The maximum Gasteiger partial charge on any atom is 0.191 e. The Morgan fingerprint density at radius 2 is 2.29 bits per heavy atom. The number of guanidine groups is 1. The Morgan fingerprint density at radius 3 is 2.88 bits per heavy atom. The number of halogens is 1. The summed E-state index contributed by atoms with van der Waals surface area (Å²) >= 11 is 5.05. The highest BCUT2D eigenvalue weighted by Crippen LogP contribution is 2.24. The second-order valence-corrected chi connectivity index (χ2v) is 6.14. The maximum atomic E-state index is 5.93. The summed E-state index contributed by atoms with van der Waals surface area (Å²) in [5.74, 6) is 0.581. The Hall–Kier alpha value is -0.660. The molecule has 1 saturated heterocycles. The van der Waals surface area contributed by atoms with Gasteiger partial charge in [-0.15, -0.1) is 11.3 Å². The molecule has 1 fully saturated rings. The van der Waals surface area contributed by atoms with Crippen LogP contribution in [0, 0.1) is 6.92 Å². The van der Waals surface area contributed by atoms with Crippen molar-refractivity contribution >= 4 is 33.2 Å². The molecule has 94 valence electrons. The molecule has 17 heavy (non-hydrogen) atoms. The van der Waals surface area contributed by atoms with Crippen molar-refractivity contribution in [3.63, 3.8) is 0 Å². The van der Waals surface area contributed by atoms with Gasteiger partial charge in [-0.05, 0) is 22.9 Å². The highest BCUT2D eigenvalue weighted by Gasteiger charge is 2.12. The molecule has 0 aliphatic carbocycles. The summed E-state index contributed by atoms with van der Waals surface area (Å²) in [5.41, 5.74) is 6.93. The van der Waals surface area contributed by atoms with E-state index in [1.54, 1.807) is 11.3 Å². The second kappa shape index (κ2) is 5.79. The molecule has 7 heteroatoms. The van der Waals surface area contributed by atoms with Gasteiger partial charge in [0, 0.05) is 13.1 Å². The number of nitrogens with zero attached hydrogens (tertiary/aromatic N) is 3. The molecule has 0 atom stereocenters. The van der Waals surface area contributed by atoms with E-state index in [0.29, 0.717) is 12.5 Å². The van der Waals surface area contributed by atoms with Gasteiger partial charge in [0.15, 0.2) is 5.96 Å². The Labute approximate surface area is 113 Å². The fourth-order valence-corrected chi connectivity index (χ4v) is 2.90. The molecule has 0 unspecified atom stereocenters. The summed E-state index contributed by atoms with van der Waals surface area (Å²) < 4.78 is 6.33. The number of hydrogen-bond donors (Lipinski definition) is 1. The van der Waals surface area contributed by atoms with Crippen LogP contribution in [-0.4, -0.2) is 42.1 Å². The number of nitrogens with two attached hydrogens (primary N) is 1. The van der Waals surface area contributed by atoms with Crippen molar-refractivity contribution in [3.8, 4) is 0 Å². The van der Waals surface area contributed by atoms with E-state index in [2.05, 4.69) is 25.9 Å². The van der Waals surface area contributed by atoms with Crippen molar-refractivity contribution in [1.29, 1.82) is 0 Å². The van der Waals surface area contributed by atoms with Crippen LogP contribution in [0.4, 0.5) is 0 Å². The minimum atomic E-state index is 0.542. The first kappa shape index (κ1) is 12.8. The zero-order chi connectivity index (χ0) is 12.3. The molecular formula is C10H15BrN4OS. The molecule has 1 aliphatic heterocycles. The Morgan fingerprint density at radius 1 is 1.59 bits per heavy atom. The molecule has 0 radical (unpaired) electrons. The number of morpholine rings is 1.